The number of halogens is 2. The van der Waals surface area contributed by atoms with E-state index in [2.05, 4.69) is 15.9 Å². The van der Waals surface area contributed by atoms with Crippen LogP contribution in [0.25, 0.3) is 0 Å². The van der Waals surface area contributed by atoms with E-state index in [1.807, 2.05) is 0 Å². The van der Waals surface area contributed by atoms with Crippen LogP contribution in [0.5, 0.6) is 0 Å². The zero-order chi connectivity index (χ0) is 10.7. The molecule has 0 heterocycles. The van der Waals surface area contributed by atoms with Crippen LogP contribution >= 0.6 is 15.9 Å². The molecule has 1 aromatic rings. The van der Waals surface area contributed by atoms with Gasteiger partial charge in [0.1, 0.15) is 5.82 Å². The highest BCUT2D eigenvalue weighted by atomic mass is 79.9. The quantitative estimate of drug-likeness (QED) is 0.876. The van der Waals surface area contributed by atoms with Crippen LogP contribution in [0.1, 0.15) is 18.0 Å². The van der Waals surface area contributed by atoms with Crippen molar-refractivity contribution in [3.63, 3.8) is 0 Å². The first-order valence-electron chi connectivity index (χ1n) is 3.92. The number of carbonyl (C=O) groups is 1. The minimum Gasteiger partial charge on any atom is -0.481 e. The van der Waals surface area contributed by atoms with Crippen LogP contribution in [0.3, 0.4) is 0 Å². The van der Waals surface area contributed by atoms with Gasteiger partial charge in [-0.15, -0.1) is 0 Å². The van der Waals surface area contributed by atoms with E-state index in [0.717, 1.165) is 0 Å². The fourth-order valence-electron chi connectivity index (χ4n) is 1.10. The molecule has 0 radical (unpaired) electrons. The monoisotopic (exact) mass is 261 g/mol. The Hall–Kier alpha value is -0.940. The third-order valence-electron chi connectivity index (χ3n) is 1.71. The van der Waals surface area contributed by atoms with Gasteiger partial charge in [0.05, 0.1) is 6.42 Å². The molecule has 1 unspecified atom stereocenters. The minimum atomic E-state index is -1.00. The Morgan fingerprint density at radius 1 is 1.57 bits per heavy atom. The van der Waals surface area contributed by atoms with E-state index in [4.69, 9.17) is 10.8 Å². The fourth-order valence-corrected chi connectivity index (χ4v) is 1.58. The molecule has 0 bridgehead atoms. The molecule has 5 heteroatoms. The Kier molecular flexibility index (Phi) is 3.60. The fraction of sp³-hybridized carbons (Fsp3) is 0.222. The second kappa shape index (κ2) is 4.52. The van der Waals surface area contributed by atoms with Crippen LogP contribution in [0.2, 0.25) is 0 Å². The molecule has 14 heavy (non-hydrogen) atoms. The van der Waals surface area contributed by atoms with Crippen LogP contribution in [0.4, 0.5) is 4.39 Å². The molecule has 0 saturated heterocycles. The van der Waals surface area contributed by atoms with Crippen LogP contribution < -0.4 is 5.73 Å². The molecule has 0 spiro atoms. The van der Waals surface area contributed by atoms with Crippen molar-refractivity contribution in [2.75, 3.05) is 0 Å². The van der Waals surface area contributed by atoms with Gasteiger partial charge in [-0.3, -0.25) is 4.79 Å². The van der Waals surface area contributed by atoms with Gasteiger partial charge in [-0.2, -0.15) is 0 Å². The number of rotatable bonds is 3. The lowest BCUT2D eigenvalue weighted by molar-refractivity contribution is -0.137. The smallest absolute Gasteiger partial charge is 0.305 e. The summed E-state index contributed by atoms with van der Waals surface area (Å²) in [6, 6.07) is 3.45. The van der Waals surface area contributed by atoms with Crippen LogP contribution in [-0.2, 0) is 4.79 Å². The summed E-state index contributed by atoms with van der Waals surface area (Å²) in [6.07, 6.45) is -0.212. The predicted molar refractivity (Wildman–Crippen MR) is 53.3 cm³/mol. The van der Waals surface area contributed by atoms with E-state index >= 15 is 0 Å². The summed E-state index contributed by atoms with van der Waals surface area (Å²) in [4.78, 5) is 10.4. The van der Waals surface area contributed by atoms with Gasteiger partial charge in [0, 0.05) is 10.5 Å². The van der Waals surface area contributed by atoms with Crippen LogP contribution in [0.15, 0.2) is 22.7 Å². The molecule has 1 rings (SSSR count). The molecule has 0 amide bonds. The largest absolute Gasteiger partial charge is 0.481 e. The Morgan fingerprint density at radius 2 is 2.21 bits per heavy atom. The second-order valence-electron chi connectivity index (χ2n) is 2.91. The maximum absolute atomic E-state index is 12.9. The van der Waals surface area contributed by atoms with Gasteiger partial charge in [-0.1, -0.05) is 15.9 Å². The number of benzene rings is 1. The van der Waals surface area contributed by atoms with Crippen molar-refractivity contribution in [1.82, 2.24) is 0 Å². The summed E-state index contributed by atoms with van der Waals surface area (Å²) < 4.78 is 13.4. The van der Waals surface area contributed by atoms with E-state index in [0.29, 0.717) is 10.0 Å². The van der Waals surface area contributed by atoms with Gasteiger partial charge in [-0.05, 0) is 23.8 Å². The number of aliphatic carboxylic acids is 1. The Bertz CT molecular complexity index is 336. The molecule has 3 nitrogen and oxygen atoms in total. The summed E-state index contributed by atoms with van der Waals surface area (Å²) in [6.45, 7) is 0. The van der Waals surface area contributed by atoms with E-state index in [-0.39, 0.29) is 6.42 Å². The predicted octanol–water partition coefficient (Wildman–Crippen LogP) is 2.06. The first-order chi connectivity index (χ1) is 6.49. The van der Waals surface area contributed by atoms with Gasteiger partial charge in [0.25, 0.3) is 0 Å². The second-order valence-corrected chi connectivity index (χ2v) is 3.82. The number of nitrogens with two attached hydrogens (primary N) is 1. The van der Waals surface area contributed by atoms with Crippen LogP contribution in [-0.4, -0.2) is 11.1 Å². The van der Waals surface area contributed by atoms with Crippen molar-refractivity contribution in [1.29, 1.82) is 0 Å². The molecule has 1 atom stereocenters. The summed E-state index contributed by atoms with van der Waals surface area (Å²) in [5.74, 6) is -1.44. The van der Waals surface area contributed by atoms with Crippen molar-refractivity contribution >= 4 is 21.9 Å². The molecule has 3 N–H and O–H groups in total. The zero-order valence-corrected chi connectivity index (χ0v) is 8.79. The topological polar surface area (TPSA) is 63.3 Å². The Balaban J connectivity index is 2.89. The van der Waals surface area contributed by atoms with Crippen molar-refractivity contribution in [3.05, 3.63) is 34.1 Å². The van der Waals surface area contributed by atoms with Gasteiger partial charge < -0.3 is 10.8 Å². The standard InChI is InChI=1S/C9H9BrFNO2/c10-6-1-5(2-7(11)3-6)8(12)4-9(13)14/h1-3,8H,4,12H2,(H,13,14). The third kappa shape index (κ3) is 3.08. The number of hydrogen-bond acceptors (Lipinski definition) is 2. The maximum atomic E-state index is 12.9. The lowest BCUT2D eigenvalue weighted by atomic mass is 10.1. The molecular weight excluding hydrogens is 253 g/mol. The molecule has 1 aromatic carbocycles. The van der Waals surface area contributed by atoms with Gasteiger partial charge in [0.2, 0.25) is 0 Å². The highest BCUT2D eigenvalue weighted by Gasteiger charge is 2.11. The van der Waals surface area contributed by atoms with E-state index in [9.17, 15) is 9.18 Å². The van der Waals surface area contributed by atoms with Gasteiger partial charge in [0.15, 0.2) is 0 Å². The molecule has 76 valence electrons. The molecular formula is C9H9BrFNO2. The van der Waals surface area contributed by atoms with Crippen molar-refractivity contribution in [2.45, 2.75) is 12.5 Å². The molecule has 0 aliphatic carbocycles. The lowest BCUT2D eigenvalue weighted by Gasteiger charge is -2.09. The normalized spacial score (nSPS) is 12.5. The number of carboxylic acid groups (broad SMARTS) is 1. The summed E-state index contributed by atoms with van der Waals surface area (Å²) >= 11 is 3.10. The van der Waals surface area contributed by atoms with Crippen LogP contribution in [0, 0.1) is 5.82 Å². The first kappa shape index (κ1) is 11.1. The average molecular weight is 262 g/mol. The zero-order valence-electron chi connectivity index (χ0n) is 7.21. The molecule has 0 fully saturated rings. The minimum absolute atomic E-state index is 0.212. The highest BCUT2D eigenvalue weighted by molar-refractivity contribution is 9.10. The molecule has 0 aliphatic rings. The number of carboxylic acids is 1. The summed E-state index contributed by atoms with van der Waals surface area (Å²) in [5, 5.41) is 8.50. The maximum Gasteiger partial charge on any atom is 0.305 e. The number of hydrogen-bond donors (Lipinski definition) is 2. The SMILES string of the molecule is NC(CC(=O)O)c1cc(F)cc(Br)c1. The first-order valence-corrected chi connectivity index (χ1v) is 4.71. The molecule has 0 saturated carbocycles. The lowest BCUT2D eigenvalue weighted by Crippen LogP contribution is -2.15. The third-order valence-corrected chi connectivity index (χ3v) is 2.17. The average Bonchev–Trinajstić information content (AvgIpc) is 2.00. The molecule has 0 aliphatic heterocycles. The van der Waals surface area contributed by atoms with E-state index < -0.39 is 17.8 Å². The van der Waals surface area contributed by atoms with Crippen molar-refractivity contribution in [3.8, 4) is 0 Å². The summed E-state index contributed by atoms with van der Waals surface area (Å²) in [5.41, 5.74) is 6.04. The van der Waals surface area contributed by atoms with Crippen molar-refractivity contribution in [2.24, 2.45) is 5.73 Å². The van der Waals surface area contributed by atoms with Gasteiger partial charge >= 0.3 is 5.97 Å². The van der Waals surface area contributed by atoms with Crippen molar-refractivity contribution < 1.29 is 14.3 Å². The highest BCUT2D eigenvalue weighted by Crippen LogP contribution is 2.20. The Morgan fingerprint density at radius 3 is 2.71 bits per heavy atom. The van der Waals surface area contributed by atoms with Gasteiger partial charge in [-0.25, -0.2) is 4.39 Å². The summed E-state index contributed by atoms with van der Waals surface area (Å²) in [7, 11) is 0. The molecule has 0 aromatic heterocycles. The van der Waals surface area contributed by atoms with E-state index in [1.165, 1.54) is 12.1 Å². The van der Waals surface area contributed by atoms with E-state index in [1.54, 1.807) is 6.07 Å². The Labute approximate surface area is 88.9 Å².